The molecule has 0 saturated carbocycles. The van der Waals surface area contributed by atoms with Crippen LogP contribution in [0.4, 0.5) is 0 Å². The highest BCUT2D eigenvalue weighted by atomic mass is 16.5. The minimum Gasteiger partial charge on any atom is -0.466 e. The predicted octanol–water partition coefficient (Wildman–Crippen LogP) is 4.20. The van der Waals surface area contributed by atoms with Crippen molar-refractivity contribution in [3.63, 3.8) is 0 Å². The maximum Gasteiger partial charge on any atom is 0.337 e. The molecule has 1 saturated heterocycles. The first-order valence-corrected chi connectivity index (χ1v) is 12.3. The van der Waals surface area contributed by atoms with Crippen LogP contribution in [0.25, 0.3) is 0 Å². The van der Waals surface area contributed by atoms with E-state index in [1.54, 1.807) is 0 Å². The molecule has 1 N–H and O–H groups in total. The first-order chi connectivity index (χ1) is 16.9. The second-order valence-electron chi connectivity index (χ2n) is 9.34. The Morgan fingerprint density at radius 2 is 1.63 bits per heavy atom. The zero-order valence-corrected chi connectivity index (χ0v) is 21.0. The van der Waals surface area contributed by atoms with Crippen molar-refractivity contribution in [2.75, 3.05) is 26.7 Å². The van der Waals surface area contributed by atoms with Gasteiger partial charge in [-0.05, 0) is 57.5 Å². The quantitative estimate of drug-likeness (QED) is 0.603. The molecule has 186 valence electrons. The summed E-state index contributed by atoms with van der Waals surface area (Å²) in [6.45, 7) is 6.33. The molecule has 1 fully saturated rings. The molecule has 0 bridgehead atoms. The van der Waals surface area contributed by atoms with Gasteiger partial charge in [-0.25, -0.2) is 9.59 Å². The zero-order valence-electron chi connectivity index (χ0n) is 21.0. The fourth-order valence-electron chi connectivity index (χ4n) is 5.16. The molecule has 7 nitrogen and oxygen atoms in total. The number of esters is 2. The van der Waals surface area contributed by atoms with Gasteiger partial charge in [0.1, 0.15) is 6.10 Å². The molecular formula is C28H35N3O4. The van der Waals surface area contributed by atoms with Gasteiger partial charge in [0.25, 0.3) is 0 Å². The molecule has 4 rings (SSSR count). The van der Waals surface area contributed by atoms with Gasteiger partial charge in [0, 0.05) is 36.9 Å². The Hall–Kier alpha value is -3.32. The summed E-state index contributed by atoms with van der Waals surface area (Å²) in [6, 6.07) is 13.7. The summed E-state index contributed by atoms with van der Waals surface area (Å²) in [7, 11) is 3.26. The summed E-state index contributed by atoms with van der Waals surface area (Å²) in [5.74, 6) is -1.49. The van der Waals surface area contributed by atoms with Crippen molar-refractivity contribution in [2.45, 2.75) is 45.1 Å². The molecule has 0 radical (unpaired) electrons. The van der Waals surface area contributed by atoms with E-state index in [-0.39, 0.29) is 0 Å². The van der Waals surface area contributed by atoms with E-state index >= 15 is 0 Å². The Morgan fingerprint density at radius 3 is 2.23 bits per heavy atom. The number of aromatic nitrogens is 1. The molecular weight excluding hydrogens is 442 g/mol. The monoisotopic (exact) mass is 477 g/mol. The van der Waals surface area contributed by atoms with Crippen molar-refractivity contribution in [3.8, 4) is 0 Å². The minimum absolute atomic E-state index is 0.412. The number of carbonyl (C=O) groups is 2. The number of nitrogens with one attached hydrogen (secondary N) is 1. The van der Waals surface area contributed by atoms with Gasteiger partial charge in [-0.15, -0.1) is 0 Å². The van der Waals surface area contributed by atoms with Crippen LogP contribution in [0.15, 0.2) is 71.2 Å². The molecule has 0 spiro atoms. The van der Waals surface area contributed by atoms with Gasteiger partial charge in [-0.2, -0.15) is 0 Å². The van der Waals surface area contributed by atoms with Crippen molar-refractivity contribution in [2.24, 2.45) is 7.05 Å². The van der Waals surface area contributed by atoms with E-state index in [1.807, 2.05) is 74.1 Å². The number of hydrogen-bond acceptors (Lipinski definition) is 6. The summed E-state index contributed by atoms with van der Waals surface area (Å²) in [5.41, 5.74) is 3.98. The number of allylic oxidation sites excluding steroid dienone is 2. The third kappa shape index (κ3) is 5.35. The van der Waals surface area contributed by atoms with Gasteiger partial charge < -0.3 is 19.4 Å². The normalized spacial score (nSPS) is 19.8. The molecule has 2 atom stereocenters. The van der Waals surface area contributed by atoms with Crippen LogP contribution in [0.1, 0.15) is 56.4 Å². The third-order valence-electron chi connectivity index (χ3n) is 6.96. The summed E-state index contributed by atoms with van der Waals surface area (Å²) in [5, 5.41) is 3.22. The number of rotatable bonds is 7. The van der Waals surface area contributed by atoms with Crippen molar-refractivity contribution in [1.29, 1.82) is 0 Å². The van der Waals surface area contributed by atoms with Crippen LogP contribution >= 0.6 is 0 Å². The fourth-order valence-corrected chi connectivity index (χ4v) is 5.16. The summed E-state index contributed by atoms with van der Waals surface area (Å²) in [4.78, 5) is 29.1. The van der Waals surface area contributed by atoms with Crippen LogP contribution in [0.2, 0.25) is 0 Å². The maximum absolute atomic E-state index is 13.9. The number of methoxy groups -OCH3 is 1. The van der Waals surface area contributed by atoms with E-state index in [0.29, 0.717) is 29.1 Å². The third-order valence-corrected chi connectivity index (χ3v) is 6.96. The molecule has 1 aromatic carbocycles. The van der Waals surface area contributed by atoms with Crippen LogP contribution in [0.3, 0.4) is 0 Å². The predicted molar refractivity (Wildman–Crippen MR) is 134 cm³/mol. The molecule has 2 aromatic rings. The number of carbonyl (C=O) groups excluding carboxylic acids is 2. The lowest BCUT2D eigenvalue weighted by atomic mass is 9.83. The Morgan fingerprint density at radius 1 is 0.971 bits per heavy atom. The minimum atomic E-state index is -0.595. The van der Waals surface area contributed by atoms with E-state index in [9.17, 15) is 9.59 Å². The van der Waals surface area contributed by atoms with Crippen LogP contribution < -0.4 is 5.32 Å². The van der Waals surface area contributed by atoms with Gasteiger partial charge in [-0.3, -0.25) is 4.90 Å². The lowest BCUT2D eigenvalue weighted by Gasteiger charge is -2.33. The summed E-state index contributed by atoms with van der Waals surface area (Å²) in [6.07, 6.45) is 5.05. The van der Waals surface area contributed by atoms with Crippen LogP contribution in [-0.2, 0) is 26.1 Å². The van der Waals surface area contributed by atoms with E-state index in [0.717, 1.165) is 37.2 Å². The molecule has 0 amide bonds. The van der Waals surface area contributed by atoms with Gasteiger partial charge in [-0.1, -0.05) is 36.8 Å². The lowest BCUT2D eigenvalue weighted by molar-refractivity contribution is -0.146. The number of hydrogen-bond donors (Lipinski definition) is 1. The highest BCUT2D eigenvalue weighted by molar-refractivity contribution is 5.99. The Bertz CT molecular complexity index is 1130. The smallest absolute Gasteiger partial charge is 0.337 e. The summed E-state index contributed by atoms with van der Waals surface area (Å²) >= 11 is 0. The topological polar surface area (TPSA) is 72.8 Å². The van der Waals surface area contributed by atoms with Crippen LogP contribution in [0.5, 0.6) is 0 Å². The highest BCUT2D eigenvalue weighted by Crippen LogP contribution is 2.40. The maximum atomic E-state index is 13.9. The lowest BCUT2D eigenvalue weighted by Crippen LogP contribution is -2.36. The number of aryl methyl sites for hydroxylation is 1. The van der Waals surface area contributed by atoms with Crippen molar-refractivity contribution < 1.29 is 19.1 Å². The second kappa shape index (κ2) is 11.0. The Balaban J connectivity index is 1.69. The SMILES string of the molecule is COC(=O)C1=C(C)NC(C)=C(C(=O)OC(CN2CCCCC2)c2ccccc2)C1c1cccn1C. The second-order valence-corrected chi connectivity index (χ2v) is 9.34. The number of nitrogens with zero attached hydrogens (tertiary/aromatic N) is 2. The van der Waals surface area contributed by atoms with Crippen LogP contribution in [-0.4, -0.2) is 48.1 Å². The van der Waals surface area contributed by atoms with E-state index < -0.39 is 24.0 Å². The molecule has 3 heterocycles. The Labute approximate surface area is 207 Å². The van der Waals surface area contributed by atoms with Crippen molar-refractivity contribution in [1.82, 2.24) is 14.8 Å². The molecule has 2 aliphatic rings. The standard InChI is InChI=1S/C28H35N3O4/c1-19-24(27(32)34-4)26(22-14-11-15-30(22)3)25(20(2)29-19)28(33)35-23(21-12-7-5-8-13-21)18-31-16-9-6-10-17-31/h5,7-8,11-15,23,26,29H,6,9-10,16-18H2,1-4H3. The molecule has 0 aliphatic carbocycles. The number of ether oxygens (including phenoxy) is 2. The first-order valence-electron chi connectivity index (χ1n) is 12.3. The zero-order chi connectivity index (χ0) is 24.9. The van der Waals surface area contributed by atoms with Gasteiger partial charge >= 0.3 is 11.9 Å². The summed E-state index contributed by atoms with van der Waals surface area (Å²) < 4.78 is 13.3. The van der Waals surface area contributed by atoms with Crippen molar-refractivity contribution in [3.05, 3.63) is 82.5 Å². The van der Waals surface area contributed by atoms with Gasteiger partial charge in [0.2, 0.25) is 0 Å². The molecule has 1 aromatic heterocycles. The van der Waals surface area contributed by atoms with Gasteiger partial charge in [0.15, 0.2) is 0 Å². The molecule has 2 unspecified atom stereocenters. The number of piperidine rings is 1. The number of likely N-dealkylation sites (tertiary alicyclic amines) is 1. The molecule has 35 heavy (non-hydrogen) atoms. The number of dihydropyridines is 1. The van der Waals surface area contributed by atoms with E-state index in [4.69, 9.17) is 9.47 Å². The van der Waals surface area contributed by atoms with E-state index in [2.05, 4.69) is 10.2 Å². The number of benzene rings is 1. The highest BCUT2D eigenvalue weighted by Gasteiger charge is 2.39. The van der Waals surface area contributed by atoms with Gasteiger partial charge in [0.05, 0.1) is 24.2 Å². The molecule has 7 heteroatoms. The average Bonchev–Trinajstić information content (AvgIpc) is 3.29. The first kappa shape index (κ1) is 24.8. The molecule has 2 aliphatic heterocycles. The largest absolute Gasteiger partial charge is 0.466 e. The average molecular weight is 478 g/mol. The van der Waals surface area contributed by atoms with Crippen LogP contribution in [0, 0.1) is 0 Å². The fraction of sp³-hybridized carbons (Fsp3) is 0.429. The van der Waals surface area contributed by atoms with E-state index in [1.165, 1.54) is 13.5 Å². The van der Waals surface area contributed by atoms with Crippen molar-refractivity contribution >= 4 is 11.9 Å². The Kier molecular flexibility index (Phi) is 7.76.